The second-order valence-corrected chi connectivity index (χ2v) is 8.41. The van der Waals surface area contributed by atoms with Crippen LogP contribution in [0.4, 0.5) is 0 Å². The number of methoxy groups -OCH3 is 1. The summed E-state index contributed by atoms with van der Waals surface area (Å²) in [5, 5.41) is 3.13. The van der Waals surface area contributed by atoms with Crippen LogP contribution in [0, 0.1) is 5.92 Å². The van der Waals surface area contributed by atoms with E-state index in [4.69, 9.17) is 4.74 Å². The van der Waals surface area contributed by atoms with Crippen molar-refractivity contribution in [3.63, 3.8) is 0 Å². The second kappa shape index (κ2) is 10.3. The highest BCUT2D eigenvalue weighted by Gasteiger charge is 2.24. The summed E-state index contributed by atoms with van der Waals surface area (Å²) in [6.07, 6.45) is 2.90. The number of nitrogens with one attached hydrogen (secondary N) is 1. The standard InChI is InChI=1S/C25H32N2O3/c1-18(2)16-19-8-10-20(11-9-19)25(29)26-22-12-14-27(15-13-22)24(28)17-21-6-4-5-7-23(21)30-3/h4-11,18,22H,12-17H2,1-3H3,(H,26,29). The summed E-state index contributed by atoms with van der Waals surface area (Å²) >= 11 is 0. The van der Waals surface area contributed by atoms with E-state index in [2.05, 4.69) is 19.2 Å². The number of likely N-dealkylation sites (tertiary alicyclic amines) is 1. The molecule has 1 aliphatic rings. The minimum atomic E-state index is -0.0371. The van der Waals surface area contributed by atoms with Crippen LogP contribution in [0.1, 0.15) is 48.2 Å². The van der Waals surface area contributed by atoms with Gasteiger partial charge in [0.15, 0.2) is 0 Å². The molecule has 2 aromatic rings. The number of rotatable bonds is 7. The highest BCUT2D eigenvalue weighted by atomic mass is 16.5. The highest BCUT2D eigenvalue weighted by Crippen LogP contribution is 2.20. The summed E-state index contributed by atoms with van der Waals surface area (Å²) in [6.45, 7) is 5.70. The van der Waals surface area contributed by atoms with Gasteiger partial charge in [0.25, 0.3) is 5.91 Å². The van der Waals surface area contributed by atoms with Gasteiger partial charge in [-0.25, -0.2) is 0 Å². The molecule has 0 radical (unpaired) electrons. The van der Waals surface area contributed by atoms with Gasteiger partial charge < -0.3 is 15.0 Å². The smallest absolute Gasteiger partial charge is 0.251 e. The lowest BCUT2D eigenvalue weighted by molar-refractivity contribution is -0.131. The van der Waals surface area contributed by atoms with Crippen LogP contribution in [0.5, 0.6) is 5.75 Å². The molecule has 160 valence electrons. The first kappa shape index (κ1) is 21.9. The van der Waals surface area contributed by atoms with Crippen molar-refractivity contribution in [3.8, 4) is 5.75 Å². The molecule has 0 aliphatic carbocycles. The Morgan fingerprint density at radius 2 is 1.73 bits per heavy atom. The molecule has 0 saturated carbocycles. The van der Waals surface area contributed by atoms with Crippen LogP contribution in [0.25, 0.3) is 0 Å². The number of hydrogen-bond acceptors (Lipinski definition) is 3. The number of benzene rings is 2. The second-order valence-electron chi connectivity index (χ2n) is 8.41. The maximum absolute atomic E-state index is 12.7. The average Bonchev–Trinajstić information content (AvgIpc) is 2.74. The summed E-state index contributed by atoms with van der Waals surface area (Å²) in [6, 6.07) is 15.6. The fraction of sp³-hybridized carbons (Fsp3) is 0.440. The molecule has 0 unspecified atom stereocenters. The summed E-state index contributed by atoms with van der Waals surface area (Å²) in [5.74, 6) is 1.41. The lowest BCUT2D eigenvalue weighted by Crippen LogP contribution is -2.47. The van der Waals surface area contributed by atoms with E-state index in [0.717, 1.165) is 30.6 Å². The Balaban J connectivity index is 1.48. The minimum absolute atomic E-state index is 0.0371. The zero-order chi connectivity index (χ0) is 21.5. The molecule has 1 heterocycles. The molecular formula is C25H32N2O3. The first-order chi connectivity index (χ1) is 14.5. The summed E-state index contributed by atoms with van der Waals surface area (Å²) in [4.78, 5) is 27.1. The predicted octanol–water partition coefficient (Wildman–Crippen LogP) is 3.86. The maximum Gasteiger partial charge on any atom is 0.251 e. The minimum Gasteiger partial charge on any atom is -0.496 e. The molecule has 2 amide bonds. The Labute approximate surface area is 179 Å². The quantitative estimate of drug-likeness (QED) is 0.757. The Morgan fingerprint density at radius 1 is 1.07 bits per heavy atom. The van der Waals surface area contributed by atoms with Gasteiger partial charge in [-0.05, 0) is 48.9 Å². The molecule has 30 heavy (non-hydrogen) atoms. The molecule has 1 fully saturated rings. The van der Waals surface area contributed by atoms with E-state index in [-0.39, 0.29) is 17.9 Å². The predicted molar refractivity (Wildman–Crippen MR) is 119 cm³/mol. The van der Waals surface area contributed by atoms with Gasteiger partial charge in [0.2, 0.25) is 5.91 Å². The average molecular weight is 409 g/mol. The number of nitrogens with zero attached hydrogens (tertiary/aromatic N) is 1. The summed E-state index contributed by atoms with van der Waals surface area (Å²) in [7, 11) is 1.62. The number of carbonyl (C=O) groups excluding carboxylic acids is 2. The first-order valence-corrected chi connectivity index (χ1v) is 10.8. The zero-order valence-corrected chi connectivity index (χ0v) is 18.2. The Bertz CT molecular complexity index is 853. The van der Waals surface area contributed by atoms with Crippen molar-refractivity contribution < 1.29 is 14.3 Å². The molecule has 2 aromatic carbocycles. The molecule has 5 nitrogen and oxygen atoms in total. The lowest BCUT2D eigenvalue weighted by Gasteiger charge is -2.32. The van der Waals surface area contributed by atoms with Gasteiger partial charge in [-0.2, -0.15) is 0 Å². The fourth-order valence-electron chi connectivity index (χ4n) is 3.93. The van der Waals surface area contributed by atoms with E-state index in [1.165, 1.54) is 5.56 Å². The van der Waals surface area contributed by atoms with Crippen LogP contribution in [-0.4, -0.2) is 43.0 Å². The molecule has 3 rings (SSSR count). The molecule has 0 aromatic heterocycles. The van der Waals surface area contributed by atoms with E-state index in [0.29, 0.717) is 31.0 Å². The first-order valence-electron chi connectivity index (χ1n) is 10.8. The number of ether oxygens (including phenoxy) is 1. The number of piperidine rings is 1. The monoisotopic (exact) mass is 408 g/mol. The number of amides is 2. The lowest BCUT2D eigenvalue weighted by atomic mass is 10.0. The van der Waals surface area contributed by atoms with Gasteiger partial charge in [0.1, 0.15) is 5.75 Å². The van der Waals surface area contributed by atoms with Crippen LogP contribution in [0.15, 0.2) is 48.5 Å². The van der Waals surface area contributed by atoms with Crippen molar-refractivity contribution >= 4 is 11.8 Å². The van der Waals surface area contributed by atoms with Crippen molar-refractivity contribution in [2.75, 3.05) is 20.2 Å². The van der Waals surface area contributed by atoms with E-state index in [1.54, 1.807) is 7.11 Å². The van der Waals surface area contributed by atoms with Gasteiger partial charge >= 0.3 is 0 Å². The van der Waals surface area contributed by atoms with Crippen LogP contribution in [-0.2, 0) is 17.6 Å². The van der Waals surface area contributed by atoms with Gasteiger partial charge in [0, 0.05) is 30.3 Å². The summed E-state index contributed by atoms with van der Waals surface area (Å²) in [5.41, 5.74) is 2.85. The van der Waals surface area contributed by atoms with E-state index < -0.39 is 0 Å². The zero-order valence-electron chi connectivity index (χ0n) is 18.2. The van der Waals surface area contributed by atoms with E-state index in [1.807, 2.05) is 53.4 Å². The van der Waals surface area contributed by atoms with Crippen molar-refractivity contribution in [3.05, 3.63) is 65.2 Å². The van der Waals surface area contributed by atoms with Gasteiger partial charge in [-0.1, -0.05) is 44.2 Å². The molecule has 1 N–H and O–H groups in total. The van der Waals surface area contributed by atoms with Crippen molar-refractivity contribution in [1.82, 2.24) is 10.2 Å². The Hall–Kier alpha value is -2.82. The SMILES string of the molecule is COc1ccccc1CC(=O)N1CCC(NC(=O)c2ccc(CC(C)C)cc2)CC1. The topological polar surface area (TPSA) is 58.6 Å². The molecule has 0 atom stereocenters. The Kier molecular flexibility index (Phi) is 7.50. The third-order valence-corrected chi connectivity index (χ3v) is 5.58. The Morgan fingerprint density at radius 3 is 2.37 bits per heavy atom. The van der Waals surface area contributed by atoms with E-state index >= 15 is 0 Å². The third-order valence-electron chi connectivity index (χ3n) is 5.58. The molecule has 0 spiro atoms. The van der Waals surface area contributed by atoms with E-state index in [9.17, 15) is 9.59 Å². The van der Waals surface area contributed by atoms with Crippen LogP contribution >= 0.6 is 0 Å². The van der Waals surface area contributed by atoms with Gasteiger partial charge in [0.05, 0.1) is 13.5 Å². The van der Waals surface area contributed by atoms with Crippen molar-refractivity contribution in [2.45, 2.75) is 45.6 Å². The number of hydrogen-bond donors (Lipinski definition) is 1. The third kappa shape index (κ3) is 5.85. The van der Waals surface area contributed by atoms with Crippen LogP contribution in [0.3, 0.4) is 0 Å². The molecule has 0 bridgehead atoms. The van der Waals surface area contributed by atoms with Crippen LogP contribution in [0.2, 0.25) is 0 Å². The van der Waals surface area contributed by atoms with Crippen molar-refractivity contribution in [2.24, 2.45) is 5.92 Å². The normalized spacial score (nSPS) is 14.6. The molecule has 1 aliphatic heterocycles. The molecule has 5 heteroatoms. The largest absolute Gasteiger partial charge is 0.496 e. The maximum atomic E-state index is 12.7. The number of carbonyl (C=O) groups is 2. The molecular weight excluding hydrogens is 376 g/mol. The number of para-hydroxylation sites is 1. The summed E-state index contributed by atoms with van der Waals surface area (Å²) < 4.78 is 5.34. The van der Waals surface area contributed by atoms with Crippen molar-refractivity contribution in [1.29, 1.82) is 0 Å². The van der Waals surface area contributed by atoms with Gasteiger partial charge in [-0.3, -0.25) is 9.59 Å². The fourth-order valence-corrected chi connectivity index (χ4v) is 3.93. The van der Waals surface area contributed by atoms with Crippen LogP contribution < -0.4 is 10.1 Å². The van der Waals surface area contributed by atoms with Gasteiger partial charge in [-0.15, -0.1) is 0 Å². The highest BCUT2D eigenvalue weighted by molar-refractivity contribution is 5.94. The molecule has 1 saturated heterocycles.